The zero-order valence-electron chi connectivity index (χ0n) is 12.7. The van der Waals surface area contributed by atoms with Gasteiger partial charge in [-0.2, -0.15) is 5.26 Å². The average molecular weight is 295 g/mol. The van der Waals surface area contributed by atoms with Crippen LogP contribution in [0.25, 0.3) is 0 Å². The van der Waals surface area contributed by atoms with Gasteiger partial charge in [-0.15, -0.1) is 0 Å². The summed E-state index contributed by atoms with van der Waals surface area (Å²) in [7, 11) is 0. The van der Waals surface area contributed by atoms with Gasteiger partial charge in [0, 0.05) is 24.5 Å². The van der Waals surface area contributed by atoms with Crippen LogP contribution in [-0.2, 0) is 11.2 Å². The largest absolute Gasteiger partial charge is 0.349 e. The van der Waals surface area contributed by atoms with Gasteiger partial charge in [0.2, 0.25) is 0 Å². The number of nitrogens with zero attached hydrogens (tertiary/aromatic N) is 2. The van der Waals surface area contributed by atoms with Crippen molar-refractivity contribution in [1.29, 1.82) is 5.26 Å². The Labute approximate surface area is 131 Å². The van der Waals surface area contributed by atoms with Crippen LogP contribution in [0.2, 0.25) is 0 Å². The standard InChI is InChI=1S/C18H21N3O/c19-12-15(18(22)20-16-7-2-1-3-8-16)13-21-11-10-14-6-4-5-9-17(14)21/h4-6,9,13,16H,1-3,7-8,10-11H2,(H,20,22)/b15-13-. The second-order valence-electron chi connectivity index (χ2n) is 6.04. The predicted octanol–water partition coefficient (Wildman–Crippen LogP) is 2.91. The maximum Gasteiger partial charge on any atom is 0.263 e. The van der Waals surface area contributed by atoms with E-state index in [4.69, 9.17) is 0 Å². The number of amides is 1. The minimum atomic E-state index is -0.237. The van der Waals surface area contributed by atoms with E-state index < -0.39 is 0 Å². The molecule has 0 aromatic heterocycles. The minimum absolute atomic E-state index is 0.197. The highest BCUT2D eigenvalue weighted by Crippen LogP contribution is 2.28. The molecule has 0 atom stereocenters. The zero-order valence-corrected chi connectivity index (χ0v) is 12.7. The molecule has 2 aliphatic rings. The summed E-state index contributed by atoms with van der Waals surface area (Å²) < 4.78 is 0. The molecule has 1 aliphatic carbocycles. The van der Waals surface area contributed by atoms with Crippen LogP contribution in [0, 0.1) is 11.3 Å². The Kier molecular flexibility index (Phi) is 4.43. The molecule has 4 nitrogen and oxygen atoms in total. The summed E-state index contributed by atoms with van der Waals surface area (Å²) in [5.74, 6) is -0.237. The van der Waals surface area contributed by atoms with E-state index in [1.54, 1.807) is 6.20 Å². The van der Waals surface area contributed by atoms with Gasteiger partial charge < -0.3 is 10.2 Å². The third-order valence-electron chi connectivity index (χ3n) is 4.51. The second kappa shape index (κ2) is 6.65. The second-order valence-corrected chi connectivity index (χ2v) is 6.04. The number of carbonyl (C=O) groups excluding carboxylic acids is 1. The predicted molar refractivity (Wildman–Crippen MR) is 86.2 cm³/mol. The first-order valence-corrected chi connectivity index (χ1v) is 8.05. The van der Waals surface area contributed by atoms with Gasteiger partial charge in [0.1, 0.15) is 11.6 Å². The van der Waals surface area contributed by atoms with Crippen LogP contribution in [0.4, 0.5) is 5.69 Å². The van der Waals surface area contributed by atoms with Crippen LogP contribution >= 0.6 is 0 Å². The van der Waals surface area contributed by atoms with Gasteiger partial charge >= 0.3 is 0 Å². The molecule has 114 valence electrons. The average Bonchev–Trinajstić information content (AvgIpc) is 2.96. The van der Waals surface area contributed by atoms with Gasteiger partial charge in [-0.25, -0.2) is 0 Å². The third-order valence-corrected chi connectivity index (χ3v) is 4.51. The van der Waals surface area contributed by atoms with E-state index >= 15 is 0 Å². The molecule has 1 aliphatic heterocycles. The molecule has 0 saturated heterocycles. The molecule has 0 spiro atoms. The molecule has 0 radical (unpaired) electrons. The number of anilines is 1. The summed E-state index contributed by atoms with van der Waals surface area (Å²) in [5, 5.41) is 12.3. The number of hydrogen-bond acceptors (Lipinski definition) is 3. The lowest BCUT2D eigenvalue weighted by molar-refractivity contribution is -0.118. The van der Waals surface area contributed by atoms with Crippen molar-refractivity contribution in [2.24, 2.45) is 0 Å². The van der Waals surface area contributed by atoms with E-state index in [9.17, 15) is 10.1 Å². The Morgan fingerprint density at radius 3 is 2.82 bits per heavy atom. The Balaban J connectivity index is 1.71. The topological polar surface area (TPSA) is 56.1 Å². The van der Waals surface area contributed by atoms with E-state index in [2.05, 4.69) is 17.5 Å². The summed E-state index contributed by atoms with van der Waals surface area (Å²) in [6.45, 7) is 0.821. The molecule has 1 saturated carbocycles. The highest BCUT2D eigenvalue weighted by Gasteiger charge is 2.21. The zero-order chi connectivity index (χ0) is 15.4. The first-order valence-electron chi connectivity index (χ1n) is 8.05. The molecule has 1 heterocycles. The maximum absolute atomic E-state index is 12.3. The molecule has 1 N–H and O–H groups in total. The van der Waals surface area contributed by atoms with E-state index in [1.165, 1.54) is 12.0 Å². The summed E-state index contributed by atoms with van der Waals surface area (Å²) in [5.41, 5.74) is 2.56. The van der Waals surface area contributed by atoms with Crippen LogP contribution in [0.3, 0.4) is 0 Å². The fraction of sp³-hybridized carbons (Fsp3) is 0.444. The quantitative estimate of drug-likeness (QED) is 0.689. The van der Waals surface area contributed by atoms with Crippen LogP contribution in [0.1, 0.15) is 37.7 Å². The third kappa shape index (κ3) is 3.14. The first kappa shape index (κ1) is 14.6. The molecule has 1 amide bonds. The number of benzene rings is 1. The van der Waals surface area contributed by atoms with Crippen LogP contribution in [-0.4, -0.2) is 18.5 Å². The van der Waals surface area contributed by atoms with Crippen molar-refractivity contribution in [3.8, 4) is 6.07 Å². The lowest BCUT2D eigenvalue weighted by Crippen LogP contribution is -2.37. The monoisotopic (exact) mass is 295 g/mol. The highest BCUT2D eigenvalue weighted by atomic mass is 16.1. The molecular weight excluding hydrogens is 274 g/mol. The number of nitriles is 1. The number of rotatable bonds is 3. The van der Waals surface area contributed by atoms with Gasteiger partial charge in [0.15, 0.2) is 0 Å². The summed E-state index contributed by atoms with van der Waals surface area (Å²) in [6.07, 6.45) is 8.28. The summed E-state index contributed by atoms with van der Waals surface area (Å²) in [4.78, 5) is 14.3. The van der Waals surface area contributed by atoms with Crippen molar-refractivity contribution in [3.05, 3.63) is 41.6 Å². The lowest BCUT2D eigenvalue weighted by atomic mass is 9.95. The van der Waals surface area contributed by atoms with E-state index in [1.807, 2.05) is 23.1 Å². The van der Waals surface area contributed by atoms with Crippen molar-refractivity contribution in [2.45, 2.75) is 44.6 Å². The minimum Gasteiger partial charge on any atom is -0.349 e. The molecule has 1 aromatic carbocycles. The number of para-hydroxylation sites is 1. The Bertz CT molecular complexity index is 623. The molecule has 22 heavy (non-hydrogen) atoms. The van der Waals surface area contributed by atoms with Crippen LogP contribution in [0.15, 0.2) is 36.0 Å². The van der Waals surface area contributed by atoms with Gasteiger partial charge in [0.25, 0.3) is 5.91 Å². The fourth-order valence-electron chi connectivity index (χ4n) is 3.30. The molecule has 0 bridgehead atoms. The van der Waals surface area contributed by atoms with Gasteiger partial charge in [-0.1, -0.05) is 37.5 Å². The summed E-state index contributed by atoms with van der Waals surface area (Å²) in [6, 6.07) is 10.4. The van der Waals surface area contributed by atoms with Crippen LogP contribution in [0.5, 0.6) is 0 Å². The number of hydrogen-bond donors (Lipinski definition) is 1. The van der Waals surface area contributed by atoms with E-state index in [-0.39, 0.29) is 17.5 Å². The van der Waals surface area contributed by atoms with Crippen molar-refractivity contribution in [2.75, 3.05) is 11.4 Å². The maximum atomic E-state index is 12.3. The summed E-state index contributed by atoms with van der Waals surface area (Å²) >= 11 is 0. The smallest absolute Gasteiger partial charge is 0.263 e. The van der Waals surface area contributed by atoms with E-state index in [0.717, 1.165) is 44.3 Å². The van der Waals surface area contributed by atoms with Crippen molar-refractivity contribution >= 4 is 11.6 Å². The molecule has 1 aromatic rings. The first-order chi connectivity index (χ1) is 10.8. The van der Waals surface area contributed by atoms with Gasteiger partial charge in [-0.3, -0.25) is 4.79 Å². The molecule has 0 unspecified atom stereocenters. The molecular formula is C18H21N3O. The highest BCUT2D eigenvalue weighted by molar-refractivity contribution is 5.97. The van der Waals surface area contributed by atoms with Crippen LogP contribution < -0.4 is 10.2 Å². The molecule has 3 rings (SSSR count). The lowest BCUT2D eigenvalue weighted by Gasteiger charge is -2.23. The normalized spacial score (nSPS) is 18.7. The van der Waals surface area contributed by atoms with Crippen molar-refractivity contribution in [1.82, 2.24) is 5.32 Å². The Morgan fingerprint density at radius 1 is 1.27 bits per heavy atom. The Hall–Kier alpha value is -2.28. The van der Waals surface area contributed by atoms with Gasteiger partial charge in [0.05, 0.1) is 0 Å². The number of carbonyl (C=O) groups is 1. The van der Waals surface area contributed by atoms with Crippen molar-refractivity contribution < 1.29 is 4.79 Å². The van der Waals surface area contributed by atoms with E-state index in [0.29, 0.717) is 0 Å². The Morgan fingerprint density at radius 2 is 2.05 bits per heavy atom. The fourth-order valence-corrected chi connectivity index (χ4v) is 3.30. The number of fused-ring (bicyclic) bond motifs is 1. The molecule has 4 heteroatoms. The van der Waals surface area contributed by atoms with Crippen molar-refractivity contribution in [3.63, 3.8) is 0 Å². The van der Waals surface area contributed by atoms with Gasteiger partial charge in [-0.05, 0) is 30.9 Å². The SMILES string of the molecule is N#C/C(=C/N1CCc2ccccc21)C(=O)NC1CCCCC1. The number of nitrogens with one attached hydrogen (secondary N) is 1. The molecule has 1 fully saturated rings.